The Morgan fingerprint density at radius 3 is 2.47 bits per heavy atom. The van der Waals surface area contributed by atoms with Crippen LogP contribution in [0.4, 0.5) is 4.39 Å². The number of benzene rings is 2. The molecule has 98 valence electrons. The number of Topliss-reactive ketones (excluding diaryl/α,β-unsaturated/α-hetero) is 1. The highest BCUT2D eigenvalue weighted by Crippen LogP contribution is 2.17. The molecule has 0 heterocycles. The third-order valence-corrected chi connectivity index (χ3v) is 3.55. The first-order valence-corrected chi connectivity index (χ1v) is 6.96. The molecule has 19 heavy (non-hydrogen) atoms. The minimum absolute atomic E-state index is 0.0986. The van der Waals surface area contributed by atoms with Gasteiger partial charge >= 0.3 is 0 Å². The summed E-state index contributed by atoms with van der Waals surface area (Å²) in [6.07, 6.45) is 0.869. The van der Waals surface area contributed by atoms with Gasteiger partial charge in [-0.15, -0.1) is 0 Å². The Kier molecular flexibility index (Phi) is 4.72. The third kappa shape index (κ3) is 3.88. The number of halogens is 3. The van der Waals surface area contributed by atoms with Crippen LogP contribution in [-0.4, -0.2) is 5.78 Å². The van der Waals surface area contributed by atoms with Crippen molar-refractivity contribution in [3.8, 4) is 0 Å². The Morgan fingerprint density at radius 2 is 1.84 bits per heavy atom. The molecule has 0 spiro atoms. The normalized spacial score (nSPS) is 10.5. The van der Waals surface area contributed by atoms with Gasteiger partial charge in [-0.3, -0.25) is 4.79 Å². The zero-order chi connectivity index (χ0) is 13.8. The average molecular weight is 342 g/mol. The molecule has 0 aliphatic rings. The van der Waals surface area contributed by atoms with Gasteiger partial charge in [-0.1, -0.05) is 39.7 Å². The number of aryl methyl sites for hydroxylation is 1. The fourth-order valence-corrected chi connectivity index (χ4v) is 2.18. The van der Waals surface area contributed by atoms with Crippen molar-refractivity contribution in [1.82, 2.24) is 0 Å². The van der Waals surface area contributed by atoms with Crippen LogP contribution in [0.5, 0.6) is 0 Å². The van der Waals surface area contributed by atoms with Crippen molar-refractivity contribution in [2.24, 2.45) is 0 Å². The molecule has 0 bridgehead atoms. The van der Waals surface area contributed by atoms with E-state index in [-0.39, 0.29) is 17.8 Å². The molecule has 0 unspecified atom stereocenters. The molecule has 0 fully saturated rings. The Labute approximate surface area is 124 Å². The van der Waals surface area contributed by atoms with E-state index >= 15 is 0 Å². The second kappa shape index (κ2) is 6.31. The van der Waals surface area contributed by atoms with Crippen molar-refractivity contribution in [1.29, 1.82) is 0 Å². The summed E-state index contributed by atoms with van der Waals surface area (Å²) in [4.78, 5) is 11.9. The van der Waals surface area contributed by atoms with Gasteiger partial charge in [0.2, 0.25) is 0 Å². The van der Waals surface area contributed by atoms with E-state index in [1.165, 1.54) is 12.1 Å². The minimum Gasteiger partial charge on any atom is -0.294 e. The van der Waals surface area contributed by atoms with Gasteiger partial charge in [-0.05, 0) is 42.3 Å². The summed E-state index contributed by atoms with van der Waals surface area (Å²) in [6.45, 7) is 0. The highest BCUT2D eigenvalue weighted by atomic mass is 79.9. The summed E-state index contributed by atoms with van der Waals surface area (Å²) in [5.74, 6) is -0.773. The van der Waals surface area contributed by atoms with Crippen molar-refractivity contribution in [3.63, 3.8) is 0 Å². The van der Waals surface area contributed by atoms with Crippen molar-refractivity contribution in [2.75, 3.05) is 0 Å². The number of hydrogen-bond donors (Lipinski definition) is 0. The maximum Gasteiger partial charge on any atom is 0.166 e. The van der Waals surface area contributed by atoms with Crippen molar-refractivity contribution in [2.45, 2.75) is 12.8 Å². The highest BCUT2D eigenvalue weighted by Gasteiger charge is 2.11. The molecule has 0 radical (unpaired) electrons. The van der Waals surface area contributed by atoms with Crippen LogP contribution in [0.15, 0.2) is 46.9 Å². The van der Waals surface area contributed by atoms with E-state index in [4.69, 9.17) is 11.6 Å². The SMILES string of the molecule is O=C(CCc1ccc(Br)cc1)c1ccc(Cl)cc1F. The standard InChI is InChI=1S/C15H11BrClFO/c16-11-4-1-10(2-5-11)3-8-15(19)13-7-6-12(17)9-14(13)18/h1-2,4-7,9H,3,8H2. The summed E-state index contributed by atoms with van der Waals surface area (Å²) >= 11 is 9.00. The molecular formula is C15H11BrClFO. The topological polar surface area (TPSA) is 17.1 Å². The van der Waals surface area contributed by atoms with Gasteiger partial charge in [-0.25, -0.2) is 4.39 Å². The van der Waals surface area contributed by atoms with Crippen molar-refractivity contribution < 1.29 is 9.18 Å². The maximum atomic E-state index is 13.6. The number of rotatable bonds is 4. The van der Waals surface area contributed by atoms with E-state index in [9.17, 15) is 9.18 Å². The summed E-state index contributed by atoms with van der Waals surface area (Å²) in [5, 5.41) is 0.293. The van der Waals surface area contributed by atoms with Crippen LogP contribution in [0.2, 0.25) is 5.02 Å². The van der Waals surface area contributed by atoms with Crippen LogP contribution in [0.1, 0.15) is 22.3 Å². The van der Waals surface area contributed by atoms with Crippen LogP contribution in [0.25, 0.3) is 0 Å². The Morgan fingerprint density at radius 1 is 1.16 bits per heavy atom. The lowest BCUT2D eigenvalue weighted by Crippen LogP contribution is -2.04. The molecule has 1 nitrogen and oxygen atoms in total. The van der Waals surface area contributed by atoms with E-state index in [0.717, 1.165) is 16.1 Å². The summed E-state index contributed by atoms with van der Waals surface area (Å²) in [6, 6.07) is 11.8. The number of carbonyl (C=O) groups is 1. The second-order valence-electron chi connectivity index (χ2n) is 4.17. The molecule has 4 heteroatoms. The van der Waals surface area contributed by atoms with Crippen molar-refractivity contribution in [3.05, 3.63) is 68.9 Å². The Hall–Kier alpha value is -1.19. The van der Waals surface area contributed by atoms with Gasteiger partial charge in [0.15, 0.2) is 5.78 Å². The first-order valence-electron chi connectivity index (χ1n) is 5.79. The molecule has 0 aliphatic carbocycles. The number of hydrogen-bond acceptors (Lipinski definition) is 1. The molecule has 0 aromatic heterocycles. The monoisotopic (exact) mass is 340 g/mol. The number of ketones is 1. The summed E-state index contributed by atoms with van der Waals surface area (Å²) in [7, 11) is 0. The first kappa shape index (κ1) is 14.2. The largest absolute Gasteiger partial charge is 0.294 e. The first-order chi connectivity index (χ1) is 9.06. The van der Waals surface area contributed by atoms with Gasteiger partial charge in [0.1, 0.15) is 5.82 Å². The molecule has 0 N–H and O–H groups in total. The lowest BCUT2D eigenvalue weighted by Gasteiger charge is -2.04. The van der Waals surface area contributed by atoms with E-state index in [1.807, 2.05) is 24.3 Å². The zero-order valence-electron chi connectivity index (χ0n) is 10.00. The van der Waals surface area contributed by atoms with Gasteiger partial charge in [0.05, 0.1) is 5.56 Å². The lowest BCUT2D eigenvalue weighted by molar-refractivity contribution is 0.0979. The fraction of sp³-hybridized carbons (Fsp3) is 0.133. The van der Waals surface area contributed by atoms with E-state index < -0.39 is 5.82 Å². The molecule has 0 saturated heterocycles. The van der Waals surface area contributed by atoms with E-state index in [2.05, 4.69) is 15.9 Å². The second-order valence-corrected chi connectivity index (χ2v) is 5.53. The van der Waals surface area contributed by atoms with Crippen LogP contribution in [0.3, 0.4) is 0 Å². The Bertz CT molecular complexity index is 596. The number of carbonyl (C=O) groups excluding carboxylic acids is 1. The predicted octanol–water partition coefficient (Wildman–Crippen LogP) is 5.06. The molecule has 0 atom stereocenters. The fourth-order valence-electron chi connectivity index (χ4n) is 1.76. The lowest BCUT2D eigenvalue weighted by atomic mass is 10.0. The van der Waals surface area contributed by atoms with Crippen LogP contribution < -0.4 is 0 Å². The molecule has 2 aromatic carbocycles. The molecule has 0 amide bonds. The van der Waals surface area contributed by atoms with Gasteiger partial charge in [0, 0.05) is 15.9 Å². The summed E-state index contributed by atoms with van der Waals surface area (Å²) in [5.41, 5.74) is 1.15. The van der Waals surface area contributed by atoms with Crippen molar-refractivity contribution >= 4 is 33.3 Å². The average Bonchev–Trinajstić information content (AvgIpc) is 2.37. The van der Waals surface area contributed by atoms with E-state index in [0.29, 0.717) is 11.4 Å². The molecular weight excluding hydrogens is 331 g/mol. The predicted molar refractivity (Wildman–Crippen MR) is 78.2 cm³/mol. The quantitative estimate of drug-likeness (QED) is 0.711. The van der Waals surface area contributed by atoms with Crippen LogP contribution >= 0.6 is 27.5 Å². The van der Waals surface area contributed by atoms with Gasteiger partial charge in [-0.2, -0.15) is 0 Å². The van der Waals surface area contributed by atoms with Gasteiger partial charge < -0.3 is 0 Å². The Balaban J connectivity index is 2.03. The highest BCUT2D eigenvalue weighted by molar-refractivity contribution is 9.10. The molecule has 2 rings (SSSR count). The third-order valence-electron chi connectivity index (χ3n) is 2.79. The minimum atomic E-state index is -0.562. The molecule has 2 aromatic rings. The van der Waals surface area contributed by atoms with Gasteiger partial charge in [0.25, 0.3) is 0 Å². The van der Waals surface area contributed by atoms with E-state index in [1.54, 1.807) is 0 Å². The smallest absolute Gasteiger partial charge is 0.166 e. The van der Waals surface area contributed by atoms with Crippen LogP contribution in [-0.2, 0) is 6.42 Å². The molecule has 0 saturated carbocycles. The maximum absolute atomic E-state index is 13.6. The van der Waals surface area contributed by atoms with Crippen LogP contribution in [0, 0.1) is 5.82 Å². The zero-order valence-corrected chi connectivity index (χ0v) is 12.3. The summed E-state index contributed by atoms with van der Waals surface area (Å²) < 4.78 is 14.6. The molecule has 0 aliphatic heterocycles.